The highest BCUT2D eigenvalue weighted by Gasteiger charge is 2.37. The highest BCUT2D eigenvalue weighted by Crippen LogP contribution is 2.20. The maximum Gasteiger partial charge on any atom is 0.410 e. The van der Waals surface area contributed by atoms with Crippen molar-refractivity contribution in [3.05, 3.63) is 35.9 Å². The van der Waals surface area contributed by atoms with Crippen LogP contribution in [0.3, 0.4) is 0 Å². The van der Waals surface area contributed by atoms with Gasteiger partial charge in [-0.25, -0.2) is 4.79 Å². The number of amides is 4. The number of hydrogen-bond donors (Lipinski definition) is 2. The van der Waals surface area contributed by atoms with Crippen molar-refractivity contribution in [1.82, 2.24) is 15.5 Å². The van der Waals surface area contributed by atoms with Gasteiger partial charge in [0.1, 0.15) is 18.7 Å². The summed E-state index contributed by atoms with van der Waals surface area (Å²) >= 11 is 0. The van der Waals surface area contributed by atoms with Crippen molar-refractivity contribution in [2.45, 2.75) is 44.4 Å². The zero-order valence-corrected chi connectivity index (χ0v) is 14.3. The first-order chi connectivity index (χ1) is 12.5. The zero-order valence-electron chi connectivity index (χ0n) is 14.3. The van der Waals surface area contributed by atoms with Gasteiger partial charge in [0.15, 0.2) is 0 Å². The lowest BCUT2D eigenvalue weighted by molar-refractivity contribution is -0.138. The van der Waals surface area contributed by atoms with Gasteiger partial charge < -0.3 is 10.1 Å². The molecular formula is C18H21N3O5. The molecular weight excluding hydrogens is 338 g/mol. The molecule has 2 N–H and O–H groups in total. The number of ether oxygens (including phenoxy) is 1. The molecule has 2 heterocycles. The fraction of sp³-hybridized carbons (Fsp3) is 0.444. The fourth-order valence-corrected chi connectivity index (χ4v) is 3.16. The summed E-state index contributed by atoms with van der Waals surface area (Å²) in [6, 6.07) is 7.88. The maximum atomic E-state index is 12.5. The summed E-state index contributed by atoms with van der Waals surface area (Å²) in [5.41, 5.74) is 0.865. The molecule has 0 aromatic heterocycles. The van der Waals surface area contributed by atoms with Crippen molar-refractivity contribution in [2.24, 2.45) is 0 Å². The predicted molar refractivity (Wildman–Crippen MR) is 90.7 cm³/mol. The first kappa shape index (κ1) is 17.9. The normalized spacial score (nSPS) is 22.7. The minimum Gasteiger partial charge on any atom is -0.445 e. The van der Waals surface area contributed by atoms with Crippen LogP contribution in [0.1, 0.15) is 31.2 Å². The van der Waals surface area contributed by atoms with Gasteiger partial charge in [-0.2, -0.15) is 0 Å². The molecule has 1 aromatic carbocycles. The minimum atomic E-state index is -0.747. The van der Waals surface area contributed by atoms with Gasteiger partial charge in [0, 0.05) is 13.0 Å². The molecule has 4 amide bonds. The Morgan fingerprint density at radius 3 is 2.69 bits per heavy atom. The van der Waals surface area contributed by atoms with Crippen LogP contribution >= 0.6 is 0 Å². The van der Waals surface area contributed by atoms with Gasteiger partial charge in [0.05, 0.1) is 0 Å². The molecule has 2 saturated heterocycles. The van der Waals surface area contributed by atoms with E-state index in [0.717, 1.165) is 5.56 Å². The highest BCUT2D eigenvalue weighted by atomic mass is 16.6. The second kappa shape index (κ2) is 7.99. The summed E-state index contributed by atoms with van der Waals surface area (Å²) in [7, 11) is 0. The Kier molecular flexibility index (Phi) is 5.50. The monoisotopic (exact) mass is 359 g/mol. The average Bonchev–Trinajstić information content (AvgIpc) is 3.13. The van der Waals surface area contributed by atoms with E-state index >= 15 is 0 Å². The summed E-state index contributed by atoms with van der Waals surface area (Å²) in [5, 5.41) is 4.84. The van der Waals surface area contributed by atoms with Gasteiger partial charge >= 0.3 is 6.09 Å². The number of imide groups is 1. The Morgan fingerprint density at radius 1 is 1.19 bits per heavy atom. The van der Waals surface area contributed by atoms with Crippen LogP contribution in [-0.2, 0) is 25.7 Å². The molecule has 0 bridgehead atoms. The number of rotatable bonds is 4. The van der Waals surface area contributed by atoms with E-state index in [9.17, 15) is 19.2 Å². The van der Waals surface area contributed by atoms with Gasteiger partial charge in [-0.3, -0.25) is 24.6 Å². The van der Waals surface area contributed by atoms with Crippen LogP contribution in [0, 0.1) is 0 Å². The number of nitrogens with zero attached hydrogens (tertiary/aromatic N) is 1. The number of carbonyl (C=O) groups is 4. The van der Waals surface area contributed by atoms with Crippen molar-refractivity contribution < 1.29 is 23.9 Å². The van der Waals surface area contributed by atoms with E-state index in [4.69, 9.17) is 4.74 Å². The second-order valence-electron chi connectivity index (χ2n) is 6.40. The van der Waals surface area contributed by atoms with Crippen molar-refractivity contribution in [3.8, 4) is 0 Å². The summed E-state index contributed by atoms with van der Waals surface area (Å²) in [6.07, 6.45) is 1.11. The van der Waals surface area contributed by atoms with Crippen LogP contribution in [0.5, 0.6) is 0 Å². The molecule has 138 valence electrons. The lowest BCUT2D eigenvalue weighted by Crippen LogP contribution is -2.56. The Bertz CT molecular complexity index is 706. The Morgan fingerprint density at radius 2 is 1.96 bits per heavy atom. The topological polar surface area (TPSA) is 105 Å². The average molecular weight is 359 g/mol. The van der Waals surface area contributed by atoms with Crippen LogP contribution in [0.4, 0.5) is 4.79 Å². The maximum absolute atomic E-state index is 12.5. The molecule has 2 atom stereocenters. The standard InChI is InChI=1S/C18H21N3O5/c22-15-9-8-13(16(23)20-15)19-17(24)14-7-4-10-21(14)18(25)26-11-12-5-2-1-3-6-12/h1-3,5-6,13-14H,4,7-11H2,(H,19,24)(H,20,22,23)/t13-,14+/m1/s1. The third kappa shape index (κ3) is 4.19. The van der Waals surface area contributed by atoms with Crippen molar-refractivity contribution in [1.29, 1.82) is 0 Å². The molecule has 0 radical (unpaired) electrons. The Hall–Kier alpha value is -2.90. The van der Waals surface area contributed by atoms with Crippen molar-refractivity contribution >= 4 is 23.8 Å². The van der Waals surface area contributed by atoms with Gasteiger partial charge in [-0.15, -0.1) is 0 Å². The van der Waals surface area contributed by atoms with Crippen LogP contribution in [-0.4, -0.2) is 47.3 Å². The van der Waals surface area contributed by atoms with Crippen LogP contribution in [0.2, 0.25) is 0 Å². The van der Waals surface area contributed by atoms with E-state index in [1.165, 1.54) is 4.90 Å². The molecule has 8 heteroatoms. The summed E-state index contributed by atoms with van der Waals surface area (Å²) in [4.78, 5) is 49.2. The summed E-state index contributed by atoms with van der Waals surface area (Å²) in [5.74, 6) is -1.24. The molecule has 0 aliphatic carbocycles. The molecule has 1 aromatic rings. The minimum absolute atomic E-state index is 0.137. The number of piperidine rings is 1. The molecule has 2 aliphatic rings. The van der Waals surface area contributed by atoms with Gasteiger partial charge in [-0.1, -0.05) is 30.3 Å². The molecule has 0 saturated carbocycles. The molecule has 3 rings (SSSR count). The van der Waals surface area contributed by atoms with Crippen molar-refractivity contribution in [2.75, 3.05) is 6.54 Å². The largest absolute Gasteiger partial charge is 0.445 e. The van der Waals surface area contributed by atoms with Gasteiger partial charge in [-0.05, 0) is 24.8 Å². The van der Waals surface area contributed by atoms with E-state index in [-0.39, 0.29) is 25.4 Å². The van der Waals surface area contributed by atoms with E-state index in [1.54, 1.807) is 0 Å². The zero-order chi connectivity index (χ0) is 18.5. The van der Waals surface area contributed by atoms with E-state index in [0.29, 0.717) is 19.4 Å². The van der Waals surface area contributed by atoms with Crippen LogP contribution < -0.4 is 10.6 Å². The second-order valence-corrected chi connectivity index (χ2v) is 6.40. The molecule has 0 spiro atoms. The SMILES string of the molecule is O=C1CC[C@@H](NC(=O)[C@@H]2CCCN2C(=O)OCc2ccccc2)C(=O)N1. The smallest absolute Gasteiger partial charge is 0.410 e. The lowest BCUT2D eigenvalue weighted by Gasteiger charge is -2.27. The summed E-state index contributed by atoms with van der Waals surface area (Å²) < 4.78 is 5.30. The highest BCUT2D eigenvalue weighted by molar-refractivity contribution is 6.02. The Balaban J connectivity index is 1.55. The molecule has 26 heavy (non-hydrogen) atoms. The first-order valence-electron chi connectivity index (χ1n) is 8.66. The van der Waals surface area contributed by atoms with E-state index in [2.05, 4.69) is 10.6 Å². The molecule has 2 aliphatic heterocycles. The number of hydrogen-bond acceptors (Lipinski definition) is 5. The number of benzene rings is 1. The van der Waals surface area contributed by atoms with Crippen LogP contribution in [0.15, 0.2) is 30.3 Å². The van der Waals surface area contributed by atoms with E-state index < -0.39 is 30.0 Å². The number of carbonyl (C=O) groups excluding carboxylic acids is 4. The van der Waals surface area contributed by atoms with Gasteiger partial charge in [0.25, 0.3) is 0 Å². The quantitative estimate of drug-likeness (QED) is 0.771. The predicted octanol–water partition coefficient (Wildman–Crippen LogP) is 0.709. The van der Waals surface area contributed by atoms with Crippen LogP contribution in [0.25, 0.3) is 0 Å². The number of nitrogens with one attached hydrogen (secondary N) is 2. The first-order valence-corrected chi connectivity index (χ1v) is 8.66. The molecule has 0 unspecified atom stereocenters. The Labute approximate surface area is 150 Å². The fourth-order valence-electron chi connectivity index (χ4n) is 3.16. The van der Waals surface area contributed by atoms with Crippen molar-refractivity contribution in [3.63, 3.8) is 0 Å². The van der Waals surface area contributed by atoms with E-state index in [1.807, 2.05) is 30.3 Å². The number of likely N-dealkylation sites (tertiary alicyclic amines) is 1. The molecule has 8 nitrogen and oxygen atoms in total. The van der Waals surface area contributed by atoms with Gasteiger partial charge in [0.2, 0.25) is 17.7 Å². The third-order valence-corrected chi connectivity index (χ3v) is 4.55. The third-order valence-electron chi connectivity index (χ3n) is 4.55. The molecule has 2 fully saturated rings. The lowest BCUT2D eigenvalue weighted by atomic mass is 10.1. The summed E-state index contributed by atoms with van der Waals surface area (Å²) in [6.45, 7) is 0.568.